The lowest BCUT2D eigenvalue weighted by Crippen LogP contribution is -2.13. The zero-order chi connectivity index (χ0) is 21.7. The van der Waals surface area contributed by atoms with E-state index < -0.39 is 11.9 Å². The van der Waals surface area contributed by atoms with Gasteiger partial charge < -0.3 is 5.11 Å². The molecule has 0 aliphatic heterocycles. The fourth-order valence-electron chi connectivity index (χ4n) is 3.24. The lowest BCUT2D eigenvalue weighted by Gasteiger charge is -2.17. The van der Waals surface area contributed by atoms with E-state index in [0.717, 1.165) is 0 Å². The number of carbonyl (C=O) groups excluding carboxylic acids is 2. The minimum Gasteiger partial charge on any atom is -0.478 e. The van der Waals surface area contributed by atoms with Crippen molar-refractivity contribution in [2.75, 3.05) is 0 Å². The Morgan fingerprint density at radius 3 is 1.63 bits per heavy atom. The first-order valence-electron chi connectivity index (χ1n) is 9.24. The Morgan fingerprint density at radius 2 is 1.17 bits per heavy atom. The van der Waals surface area contributed by atoms with E-state index in [4.69, 9.17) is 23.2 Å². The molecule has 3 rings (SSSR count). The lowest BCUT2D eigenvalue weighted by molar-refractivity contribution is 0.0696. The molecule has 0 unspecified atom stereocenters. The zero-order valence-corrected chi connectivity index (χ0v) is 17.4. The second kappa shape index (κ2) is 9.70. The molecule has 0 aromatic heterocycles. The molecular formula is C24H18Cl2O4. The highest BCUT2D eigenvalue weighted by atomic mass is 35.5. The number of carbonyl (C=O) groups is 3. The standard InChI is InChI=1S/C24H18Cl2O4/c25-20-8-2-5-16(11-20)22(27)13-19(15-4-1-7-18(10-15)24(29)30)14-23(28)17-6-3-9-21(26)12-17/h1-12,19H,13-14H2,(H,29,30). The van der Waals surface area contributed by atoms with Crippen molar-refractivity contribution in [2.24, 2.45) is 0 Å². The lowest BCUT2D eigenvalue weighted by atomic mass is 9.85. The van der Waals surface area contributed by atoms with Gasteiger partial charge in [-0.3, -0.25) is 9.59 Å². The second-order valence-corrected chi connectivity index (χ2v) is 7.78. The van der Waals surface area contributed by atoms with Gasteiger partial charge in [0.05, 0.1) is 5.56 Å². The fourth-order valence-corrected chi connectivity index (χ4v) is 3.62. The van der Waals surface area contributed by atoms with E-state index in [0.29, 0.717) is 26.7 Å². The van der Waals surface area contributed by atoms with Gasteiger partial charge in [0.25, 0.3) is 0 Å². The summed E-state index contributed by atoms with van der Waals surface area (Å²) < 4.78 is 0. The van der Waals surface area contributed by atoms with Crippen LogP contribution in [-0.2, 0) is 0 Å². The van der Waals surface area contributed by atoms with Gasteiger partial charge in [-0.1, -0.05) is 59.6 Å². The van der Waals surface area contributed by atoms with Crippen molar-refractivity contribution in [1.29, 1.82) is 0 Å². The van der Waals surface area contributed by atoms with Crippen molar-refractivity contribution >= 4 is 40.7 Å². The first kappa shape index (κ1) is 21.8. The number of hydrogen-bond acceptors (Lipinski definition) is 3. The number of carboxylic acid groups (broad SMARTS) is 1. The molecule has 6 heteroatoms. The highest BCUT2D eigenvalue weighted by Crippen LogP contribution is 2.29. The average Bonchev–Trinajstić information content (AvgIpc) is 2.73. The van der Waals surface area contributed by atoms with Crippen LogP contribution >= 0.6 is 23.2 Å². The molecule has 0 saturated carbocycles. The van der Waals surface area contributed by atoms with Gasteiger partial charge in [0.2, 0.25) is 0 Å². The Balaban J connectivity index is 1.91. The Bertz CT molecular complexity index is 1050. The summed E-state index contributed by atoms with van der Waals surface area (Å²) in [6.45, 7) is 0. The number of rotatable bonds is 8. The molecule has 0 saturated heterocycles. The minimum atomic E-state index is -1.07. The molecule has 0 aliphatic carbocycles. The number of ketones is 2. The molecule has 0 heterocycles. The summed E-state index contributed by atoms with van der Waals surface area (Å²) in [4.78, 5) is 37.1. The first-order valence-corrected chi connectivity index (χ1v) is 10.00. The predicted octanol–water partition coefficient (Wildman–Crippen LogP) is 6.32. The largest absolute Gasteiger partial charge is 0.478 e. The van der Waals surface area contributed by atoms with Crippen LogP contribution in [0.4, 0.5) is 0 Å². The number of halogens is 2. The normalized spacial score (nSPS) is 10.8. The van der Waals surface area contributed by atoms with E-state index in [-0.39, 0.29) is 30.0 Å². The van der Waals surface area contributed by atoms with Crippen molar-refractivity contribution in [1.82, 2.24) is 0 Å². The van der Waals surface area contributed by atoms with E-state index in [9.17, 15) is 19.5 Å². The van der Waals surface area contributed by atoms with Crippen LogP contribution < -0.4 is 0 Å². The minimum absolute atomic E-state index is 0.0374. The monoisotopic (exact) mass is 440 g/mol. The molecular weight excluding hydrogens is 423 g/mol. The molecule has 0 bridgehead atoms. The zero-order valence-electron chi connectivity index (χ0n) is 15.8. The Labute approximate surface area is 184 Å². The van der Waals surface area contributed by atoms with Gasteiger partial charge in [0.15, 0.2) is 11.6 Å². The Hall–Kier alpha value is -2.95. The van der Waals surface area contributed by atoms with E-state index >= 15 is 0 Å². The third kappa shape index (κ3) is 5.56. The van der Waals surface area contributed by atoms with Crippen LogP contribution in [0.2, 0.25) is 10.0 Å². The smallest absolute Gasteiger partial charge is 0.335 e. The molecule has 3 aromatic carbocycles. The van der Waals surface area contributed by atoms with Gasteiger partial charge in [0, 0.05) is 34.0 Å². The number of benzene rings is 3. The number of Topliss-reactive ketones (excluding diaryl/α,β-unsaturated/α-hetero) is 2. The van der Waals surface area contributed by atoms with Crippen molar-refractivity contribution in [3.05, 3.63) is 105 Å². The number of aromatic carboxylic acids is 1. The highest BCUT2D eigenvalue weighted by molar-refractivity contribution is 6.31. The molecule has 152 valence electrons. The molecule has 0 atom stereocenters. The summed E-state index contributed by atoms with van der Waals surface area (Å²) in [7, 11) is 0. The topological polar surface area (TPSA) is 71.4 Å². The number of carboxylic acids is 1. The molecule has 1 N–H and O–H groups in total. The summed E-state index contributed by atoms with van der Waals surface area (Å²) in [5.41, 5.74) is 1.60. The van der Waals surface area contributed by atoms with Gasteiger partial charge in [0.1, 0.15) is 0 Å². The van der Waals surface area contributed by atoms with Gasteiger partial charge >= 0.3 is 5.97 Å². The molecule has 30 heavy (non-hydrogen) atoms. The predicted molar refractivity (Wildman–Crippen MR) is 117 cm³/mol. The van der Waals surface area contributed by atoms with Crippen LogP contribution in [0.1, 0.15) is 55.4 Å². The molecule has 0 amide bonds. The quantitative estimate of drug-likeness (QED) is 0.415. The van der Waals surface area contributed by atoms with Gasteiger partial charge in [-0.05, 0) is 47.9 Å². The van der Waals surface area contributed by atoms with Crippen LogP contribution in [0.5, 0.6) is 0 Å². The Kier molecular flexibility index (Phi) is 7.03. The van der Waals surface area contributed by atoms with Crippen molar-refractivity contribution < 1.29 is 19.5 Å². The number of hydrogen-bond donors (Lipinski definition) is 1. The van der Waals surface area contributed by atoms with Gasteiger partial charge in [-0.2, -0.15) is 0 Å². The molecule has 0 spiro atoms. The van der Waals surface area contributed by atoms with E-state index in [2.05, 4.69) is 0 Å². The van der Waals surface area contributed by atoms with Gasteiger partial charge in [-0.15, -0.1) is 0 Å². The second-order valence-electron chi connectivity index (χ2n) is 6.90. The third-order valence-corrected chi connectivity index (χ3v) is 5.23. The highest BCUT2D eigenvalue weighted by Gasteiger charge is 2.22. The molecule has 0 fully saturated rings. The SMILES string of the molecule is O=C(O)c1cccc(C(CC(=O)c2cccc(Cl)c2)CC(=O)c2cccc(Cl)c2)c1. The maximum Gasteiger partial charge on any atom is 0.335 e. The van der Waals surface area contributed by atoms with Gasteiger partial charge in [-0.25, -0.2) is 4.79 Å². The summed E-state index contributed by atoms with van der Waals surface area (Å²) in [5.74, 6) is -1.93. The van der Waals surface area contributed by atoms with Crippen molar-refractivity contribution in [3.8, 4) is 0 Å². The Morgan fingerprint density at radius 1 is 0.700 bits per heavy atom. The van der Waals surface area contributed by atoms with Crippen LogP contribution in [0.25, 0.3) is 0 Å². The van der Waals surface area contributed by atoms with E-state index in [1.165, 1.54) is 12.1 Å². The molecule has 4 nitrogen and oxygen atoms in total. The van der Waals surface area contributed by atoms with E-state index in [1.807, 2.05) is 0 Å². The van der Waals surface area contributed by atoms with Crippen LogP contribution in [-0.4, -0.2) is 22.6 Å². The van der Waals surface area contributed by atoms with E-state index in [1.54, 1.807) is 60.7 Å². The molecule has 0 aliphatic rings. The first-order chi connectivity index (χ1) is 14.3. The third-order valence-electron chi connectivity index (χ3n) is 4.76. The van der Waals surface area contributed by atoms with Crippen molar-refractivity contribution in [3.63, 3.8) is 0 Å². The summed E-state index contributed by atoms with van der Waals surface area (Å²) in [6, 6.07) is 19.5. The fraction of sp³-hybridized carbons (Fsp3) is 0.125. The molecule has 3 aromatic rings. The summed E-state index contributed by atoms with van der Waals surface area (Å²) >= 11 is 12.0. The molecule has 0 radical (unpaired) electrons. The van der Waals surface area contributed by atoms with Crippen LogP contribution in [0, 0.1) is 0 Å². The van der Waals surface area contributed by atoms with Crippen LogP contribution in [0.3, 0.4) is 0 Å². The average molecular weight is 441 g/mol. The summed E-state index contributed by atoms with van der Waals surface area (Å²) in [6.07, 6.45) is 0.0748. The van der Waals surface area contributed by atoms with Crippen molar-refractivity contribution in [2.45, 2.75) is 18.8 Å². The maximum absolute atomic E-state index is 12.9. The summed E-state index contributed by atoms with van der Waals surface area (Å²) in [5, 5.41) is 10.2. The maximum atomic E-state index is 12.9. The van der Waals surface area contributed by atoms with Crippen LogP contribution in [0.15, 0.2) is 72.8 Å².